The third-order valence-corrected chi connectivity index (χ3v) is 3.46. The number of rotatable bonds is 5. The van der Waals surface area contributed by atoms with Crippen LogP contribution in [0.2, 0.25) is 0 Å². The number of aromatic nitrogens is 2. The molecule has 0 saturated heterocycles. The van der Waals surface area contributed by atoms with E-state index in [-0.39, 0.29) is 0 Å². The molecule has 0 aliphatic rings. The molecule has 0 aliphatic carbocycles. The molecule has 1 N–H and O–H groups in total. The van der Waals surface area contributed by atoms with Crippen molar-refractivity contribution >= 4 is 11.8 Å². The molecule has 1 heterocycles. The molecule has 2 rings (SSSR count). The largest absolute Gasteiger partial charge is 0.373 e. The lowest BCUT2D eigenvalue weighted by molar-refractivity contribution is 0.821. The monoisotopic (exact) mass is 270 g/mol. The number of hydrogen-bond donors (Lipinski definition) is 1. The maximum Gasteiger partial charge on any atom is 0.227 e. The summed E-state index contributed by atoms with van der Waals surface area (Å²) in [5.41, 5.74) is 3.19. The summed E-state index contributed by atoms with van der Waals surface area (Å²) in [6.45, 7) is 8.09. The van der Waals surface area contributed by atoms with E-state index in [1.165, 1.54) is 0 Å². The molecule has 1 aromatic carbocycles. The number of nitrogens with one attached hydrogen (secondary N) is 1. The van der Waals surface area contributed by atoms with E-state index < -0.39 is 0 Å². The van der Waals surface area contributed by atoms with E-state index >= 15 is 0 Å². The van der Waals surface area contributed by atoms with Crippen LogP contribution in [0.5, 0.6) is 0 Å². The van der Waals surface area contributed by atoms with E-state index in [1.54, 1.807) is 0 Å². The second-order valence-corrected chi connectivity index (χ2v) is 4.63. The van der Waals surface area contributed by atoms with Gasteiger partial charge in [0, 0.05) is 31.3 Å². The Labute approximate surface area is 120 Å². The van der Waals surface area contributed by atoms with Crippen LogP contribution in [0.25, 0.3) is 11.3 Å². The average molecular weight is 270 g/mol. The van der Waals surface area contributed by atoms with E-state index in [4.69, 9.17) is 4.98 Å². The zero-order valence-electron chi connectivity index (χ0n) is 12.6. The van der Waals surface area contributed by atoms with Crippen molar-refractivity contribution in [1.29, 1.82) is 0 Å². The van der Waals surface area contributed by atoms with E-state index in [0.29, 0.717) is 0 Å². The summed E-state index contributed by atoms with van der Waals surface area (Å²) < 4.78 is 0. The summed E-state index contributed by atoms with van der Waals surface area (Å²) in [5.74, 6) is 1.67. The lowest BCUT2D eigenvalue weighted by Gasteiger charge is -2.21. The van der Waals surface area contributed by atoms with Gasteiger partial charge < -0.3 is 10.2 Å². The highest BCUT2D eigenvalue weighted by Crippen LogP contribution is 2.27. The minimum absolute atomic E-state index is 0.781. The van der Waals surface area contributed by atoms with Crippen LogP contribution < -0.4 is 10.2 Å². The number of hydrogen-bond acceptors (Lipinski definition) is 4. The fraction of sp³-hybridized carbons (Fsp3) is 0.375. The zero-order valence-corrected chi connectivity index (χ0v) is 12.6. The standard InChI is InChI=1S/C16H22N4/c1-5-20(6-2)16-18-14(12(3)15(17-4)19-16)13-10-8-7-9-11-13/h7-11H,5-6H2,1-4H3,(H,17,18,19). The Morgan fingerprint density at radius 3 is 2.25 bits per heavy atom. The fourth-order valence-electron chi connectivity index (χ4n) is 2.27. The summed E-state index contributed by atoms with van der Waals surface area (Å²) >= 11 is 0. The van der Waals surface area contributed by atoms with Gasteiger partial charge in [-0.15, -0.1) is 0 Å². The van der Waals surface area contributed by atoms with Gasteiger partial charge in [-0.1, -0.05) is 30.3 Å². The molecule has 0 radical (unpaired) electrons. The van der Waals surface area contributed by atoms with Gasteiger partial charge in [0.1, 0.15) is 5.82 Å². The van der Waals surface area contributed by atoms with Crippen LogP contribution in [-0.2, 0) is 0 Å². The Morgan fingerprint density at radius 2 is 1.70 bits per heavy atom. The third-order valence-electron chi connectivity index (χ3n) is 3.46. The molecule has 4 nitrogen and oxygen atoms in total. The summed E-state index contributed by atoms with van der Waals surface area (Å²) in [6, 6.07) is 10.3. The Balaban J connectivity index is 2.58. The molecular formula is C16H22N4. The topological polar surface area (TPSA) is 41.1 Å². The smallest absolute Gasteiger partial charge is 0.227 e. The number of benzene rings is 1. The minimum Gasteiger partial charge on any atom is -0.373 e. The van der Waals surface area contributed by atoms with Gasteiger partial charge in [-0.2, -0.15) is 4.98 Å². The van der Waals surface area contributed by atoms with Crippen LogP contribution in [0, 0.1) is 6.92 Å². The lowest BCUT2D eigenvalue weighted by Crippen LogP contribution is -2.25. The van der Waals surface area contributed by atoms with Crippen molar-refractivity contribution in [2.75, 3.05) is 30.4 Å². The summed E-state index contributed by atoms with van der Waals surface area (Å²) in [7, 11) is 1.90. The van der Waals surface area contributed by atoms with E-state index in [0.717, 1.165) is 41.7 Å². The molecule has 0 amide bonds. The first-order valence-electron chi connectivity index (χ1n) is 7.08. The highest BCUT2D eigenvalue weighted by atomic mass is 15.3. The van der Waals surface area contributed by atoms with Crippen molar-refractivity contribution in [3.63, 3.8) is 0 Å². The average Bonchev–Trinajstić information content (AvgIpc) is 2.50. The Hall–Kier alpha value is -2.10. The van der Waals surface area contributed by atoms with Crippen molar-refractivity contribution in [1.82, 2.24) is 9.97 Å². The molecule has 0 spiro atoms. The van der Waals surface area contributed by atoms with Gasteiger partial charge in [-0.05, 0) is 20.8 Å². The Bertz CT molecular complexity index is 562. The van der Waals surface area contributed by atoms with Crippen molar-refractivity contribution in [3.8, 4) is 11.3 Å². The molecule has 106 valence electrons. The molecule has 2 aromatic rings. The summed E-state index contributed by atoms with van der Waals surface area (Å²) in [4.78, 5) is 11.6. The molecule has 4 heteroatoms. The summed E-state index contributed by atoms with van der Waals surface area (Å²) in [5, 5.41) is 3.17. The third kappa shape index (κ3) is 2.74. The molecule has 0 saturated carbocycles. The molecular weight excluding hydrogens is 248 g/mol. The molecule has 1 aromatic heterocycles. The van der Waals surface area contributed by atoms with Crippen LogP contribution in [0.1, 0.15) is 19.4 Å². The molecule has 0 unspecified atom stereocenters. The minimum atomic E-state index is 0.781. The quantitative estimate of drug-likeness (QED) is 0.904. The maximum absolute atomic E-state index is 4.77. The van der Waals surface area contributed by atoms with Crippen LogP contribution in [-0.4, -0.2) is 30.1 Å². The molecule has 20 heavy (non-hydrogen) atoms. The highest BCUT2D eigenvalue weighted by molar-refractivity contribution is 5.69. The zero-order chi connectivity index (χ0) is 14.5. The van der Waals surface area contributed by atoms with Crippen LogP contribution in [0.15, 0.2) is 30.3 Å². The van der Waals surface area contributed by atoms with Crippen molar-refractivity contribution in [2.24, 2.45) is 0 Å². The maximum atomic E-state index is 4.77. The summed E-state index contributed by atoms with van der Waals surface area (Å²) in [6.07, 6.45) is 0. The van der Waals surface area contributed by atoms with Crippen molar-refractivity contribution in [3.05, 3.63) is 35.9 Å². The first-order valence-corrected chi connectivity index (χ1v) is 7.08. The van der Waals surface area contributed by atoms with Gasteiger partial charge in [0.15, 0.2) is 0 Å². The molecule has 0 fully saturated rings. The number of anilines is 2. The van der Waals surface area contributed by atoms with Crippen LogP contribution in [0.3, 0.4) is 0 Å². The Kier molecular flexibility index (Phi) is 4.56. The van der Waals surface area contributed by atoms with E-state index in [2.05, 4.69) is 48.1 Å². The highest BCUT2D eigenvalue weighted by Gasteiger charge is 2.14. The van der Waals surface area contributed by atoms with E-state index in [1.807, 2.05) is 25.2 Å². The number of nitrogens with zero attached hydrogens (tertiary/aromatic N) is 3. The SMILES string of the molecule is CCN(CC)c1nc(NC)c(C)c(-c2ccccc2)n1. The predicted molar refractivity (Wildman–Crippen MR) is 85.3 cm³/mol. The van der Waals surface area contributed by atoms with Crippen LogP contribution in [0.4, 0.5) is 11.8 Å². The molecule has 0 aliphatic heterocycles. The lowest BCUT2D eigenvalue weighted by atomic mass is 10.1. The molecule has 0 atom stereocenters. The van der Waals surface area contributed by atoms with Gasteiger partial charge in [0.05, 0.1) is 5.69 Å². The second-order valence-electron chi connectivity index (χ2n) is 4.63. The normalized spacial score (nSPS) is 10.4. The first-order chi connectivity index (χ1) is 9.71. The van der Waals surface area contributed by atoms with Gasteiger partial charge in [-0.3, -0.25) is 0 Å². The van der Waals surface area contributed by atoms with Crippen molar-refractivity contribution in [2.45, 2.75) is 20.8 Å². The van der Waals surface area contributed by atoms with E-state index in [9.17, 15) is 0 Å². The van der Waals surface area contributed by atoms with Gasteiger partial charge in [0.2, 0.25) is 5.95 Å². The van der Waals surface area contributed by atoms with Gasteiger partial charge in [0.25, 0.3) is 0 Å². The second kappa shape index (κ2) is 6.37. The fourth-order valence-corrected chi connectivity index (χ4v) is 2.27. The Morgan fingerprint density at radius 1 is 1.05 bits per heavy atom. The predicted octanol–water partition coefficient (Wildman–Crippen LogP) is 3.34. The van der Waals surface area contributed by atoms with Gasteiger partial charge in [-0.25, -0.2) is 4.98 Å². The molecule has 0 bridgehead atoms. The van der Waals surface area contributed by atoms with Crippen molar-refractivity contribution < 1.29 is 0 Å². The van der Waals surface area contributed by atoms with Gasteiger partial charge >= 0.3 is 0 Å². The van der Waals surface area contributed by atoms with Crippen LogP contribution >= 0.6 is 0 Å². The first kappa shape index (κ1) is 14.3.